The van der Waals surface area contributed by atoms with E-state index in [0.717, 1.165) is 11.3 Å². The van der Waals surface area contributed by atoms with E-state index in [2.05, 4.69) is 9.99 Å². The van der Waals surface area contributed by atoms with Gasteiger partial charge in [0.05, 0.1) is 25.1 Å². The van der Waals surface area contributed by atoms with Gasteiger partial charge >= 0.3 is 0 Å². The van der Waals surface area contributed by atoms with Gasteiger partial charge in [0.2, 0.25) is 0 Å². The van der Waals surface area contributed by atoms with E-state index in [9.17, 15) is 0 Å². The Bertz CT molecular complexity index is 414. The van der Waals surface area contributed by atoms with Crippen molar-refractivity contribution in [3.63, 3.8) is 0 Å². The summed E-state index contributed by atoms with van der Waals surface area (Å²) < 4.78 is 5.58. The molecule has 1 saturated heterocycles. The van der Waals surface area contributed by atoms with E-state index < -0.39 is 6.23 Å². The highest BCUT2D eigenvalue weighted by molar-refractivity contribution is 6.17. The second-order valence-electron chi connectivity index (χ2n) is 3.62. The van der Waals surface area contributed by atoms with Crippen molar-refractivity contribution in [3.8, 4) is 0 Å². The first kappa shape index (κ1) is 13.1. The normalized spacial score (nSPS) is 20.3. The maximum absolute atomic E-state index is 5.92. The lowest BCUT2D eigenvalue weighted by atomic mass is 10.2. The van der Waals surface area contributed by atoms with Gasteiger partial charge in [-0.05, 0) is 11.6 Å². The number of oxime groups is 1. The van der Waals surface area contributed by atoms with Gasteiger partial charge in [-0.25, -0.2) is 5.06 Å². The topological polar surface area (TPSA) is 43.3 Å². The van der Waals surface area contributed by atoms with Crippen LogP contribution < -0.4 is 5.06 Å². The zero-order valence-corrected chi connectivity index (χ0v) is 10.8. The van der Waals surface area contributed by atoms with Gasteiger partial charge in [0.25, 0.3) is 0 Å². The van der Waals surface area contributed by atoms with Crippen molar-refractivity contribution < 1.29 is 14.4 Å². The van der Waals surface area contributed by atoms with Crippen LogP contribution in [-0.4, -0.2) is 32.8 Å². The molecule has 1 fully saturated rings. The van der Waals surface area contributed by atoms with Crippen LogP contribution in [0.15, 0.2) is 29.4 Å². The first-order chi connectivity index (χ1) is 8.86. The van der Waals surface area contributed by atoms with E-state index in [0.29, 0.717) is 19.1 Å². The minimum atomic E-state index is -0.414. The third-order valence-electron chi connectivity index (χ3n) is 2.50. The van der Waals surface area contributed by atoms with Gasteiger partial charge in [-0.2, -0.15) is 0 Å². The monoisotopic (exact) mass is 270 g/mol. The van der Waals surface area contributed by atoms with Crippen LogP contribution in [0.1, 0.15) is 5.56 Å². The molecule has 0 aromatic heterocycles. The number of benzene rings is 1. The quantitative estimate of drug-likeness (QED) is 0.478. The number of para-hydroxylation sites is 1. The van der Waals surface area contributed by atoms with Crippen LogP contribution in [0.4, 0.5) is 5.69 Å². The molecule has 0 aliphatic carbocycles. The number of alkyl halides is 1. The molecule has 0 amide bonds. The fraction of sp³-hybridized carbons (Fsp3) is 0.417. The number of hydrogen-bond acceptors (Lipinski definition) is 5. The minimum absolute atomic E-state index is 0.407. The Morgan fingerprint density at radius 2 is 2.33 bits per heavy atom. The lowest BCUT2D eigenvalue weighted by Crippen LogP contribution is -2.44. The summed E-state index contributed by atoms with van der Waals surface area (Å²) in [6.07, 6.45) is 1.13. The Morgan fingerprint density at radius 3 is 3.11 bits per heavy atom. The number of halogens is 1. The van der Waals surface area contributed by atoms with Gasteiger partial charge in [-0.15, -0.1) is 11.6 Å². The van der Waals surface area contributed by atoms with Gasteiger partial charge in [0.15, 0.2) is 6.23 Å². The Kier molecular flexibility index (Phi) is 4.81. The minimum Gasteiger partial charge on any atom is -0.399 e. The molecule has 0 spiro atoms. The SMILES string of the molecule is CON=CC1OCCON1c1ccccc1CCl. The van der Waals surface area contributed by atoms with Crippen LogP contribution in [-0.2, 0) is 20.3 Å². The van der Waals surface area contributed by atoms with E-state index in [-0.39, 0.29) is 0 Å². The largest absolute Gasteiger partial charge is 0.399 e. The van der Waals surface area contributed by atoms with Gasteiger partial charge in [-0.1, -0.05) is 23.4 Å². The summed E-state index contributed by atoms with van der Waals surface area (Å²) >= 11 is 5.92. The van der Waals surface area contributed by atoms with Crippen LogP contribution in [0.25, 0.3) is 0 Å². The molecule has 0 N–H and O–H groups in total. The molecule has 0 radical (unpaired) electrons. The molecule has 6 heteroatoms. The molecule has 1 aliphatic rings. The lowest BCUT2D eigenvalue weighted by molar-refractivity contribution is -0.0792. The van der Waals surface area contributed by atoms with Crippen molar-refractivity contribution >= 4 is 23.5 Å². The molecule has 1 aliphatic heterocycles. The molecule has 1 heterocycles. The molecule has 1 atom stereocenters. The highest BCUT2D eigenvalue weighted by Crippen LogP contribution is 2.25. The molecular weight excluding hydrogens is 256 g/mol. The molecule has 2 rings (SSSR count). The Hall–Kier alpha value is -1.30. The average Bonchev–Trinajstić information content (AvgIpc) is 2.45. The summed E-state index contributed by atoms with van der Waals surface area (Å²) in [4.78, 5) is 10.3. The number of rotatable bonds is 4. The molecule has 0 bridgehead atoms. The standard InChI is InChI=1S/C12H15ClN2O3/c1-16-14-9-12-15(18-7-6-17-12)11-5-3-2-4-10(11)8-13/h2-5,9,12H,6-8H2,1H3. The first-order valence-corrected chi connectivity index (χ1v) is 6.14. The molecule has 18 heavy (non-hydrogen) atoms. The van der Waals surface area contributed by atoms with Gasteiger partial charge in [0.1, 0.15) is 7.11 Å². The van der Waals surface area contributed by atoms with Crippen LogP contribution in [0.2, 0.25) is 0 Å². The van der Waals surface area contributed by atoms with Crippen LogP contribution >= 0.6 is 11.6 Å². The van der Waals surface area contributed by atoms with Crippen molar-refractivity contribution in [2.45, 2.75) is 12.1 Å². The van der Waals surface area contributed by atoms with Crippen LogP contribution in [0.3, 0.4) is 0 Å². The van der Waals surface area contributed by atoms with E-state index in [1.165, 1.54) is 7.11 Å². The molecule has 1 unspecified atom stereocenters. The highest BCUT2D eigenvalue weighted by atomic mass is 35.5. The molecule has 0 saturated carbocycles. The number of anilines is 1. The summed E-state index contributed by atoms with van der Waals surface area (Å²) in [6, 6.07) is 7.74. The number of nitrogens with zero attached hydrogens (tertiary/aromatic N) is 2. The molecule has 5 nitrogen and oxygen atoms in total. The first-order valence-electron chi connectivity index (χ1n) is 5.61. The van der Waals surface area contributed by atoms with Crippen molar-refractivity contribution in [2.75, 3.05) is 25.4 Å². The predicted molar refractivity (Wildman–Crippen MR) is 69.7 cm³/mol. The van der Waals surface area contributed by atoms with Crippen molar-refractivity contribution in [1.82, 2.24) is 0 Å². The predicted octanol–water partition coefficient (Wildman–Crippen LogP) is 2.15. The molecule has 98 valence electrons. The number of hydroxylamine groups is 1. The second-order valence-corrected chi connectivity index (χ2v) is 3.89. The maximum Gasteiger partial charge on any atom is 0.193 e. The Labute approximate surface area is 111 Å². The van der Waals surface area contributed by atoms with Gasteiger partial charge in [0, 0.05) is 5.88 Å². The summed E-state index contributed by atoms with van der Waals surface area (Å²) in [5.74, 6) is 0.407. The van der Waals surface area contributed by atoms with Crippen LogP contribution in [0, 0.1) is 0 Å². The fourth-order valence-corrected chi connectivity index (χ4v) is 1.93. The summed E-state index contributed by atoms with van der Waals surface area (Å²) in [5.41, 5.74) is 1.85. The average molecular weight is 271 g/mol. The Morgan fingerprint density at radius 1 is 1.50 bits per heavy atom. The summed E-state index contributed by atoms with van der Waals surface area (Å²) in [7, 11) is 1.48. The van der Waals surface area contributed by atoms with Crippen molar-refractivity contribution in [1.29, 1.82) is 0 Å². The third-order valence-corrected chi connectivity index (χ3v) is 2.79. The van der Waals surface area contributed by atoms with Gasteiger partial charge < -0.3 is 9.57 Å². The maximum atomic E-state index is 5.92. The summed E-state index contributed by atoms with van der Waals surface area (Å²) in [5, 5.41) is 5.38. The smallest absolute Gasteiger partial charge is 0.193 e. The number of hydrogen-bond donors (Lipinski definition) is 0. The second kappa shape index (κ2) is 6.58. The Balaban J connectivity index is 2.24. The summed E-state index contributed by atoms with van der Waals surface area (Å²) in [6.45, 7) is 1.01. The van der Waals surface area contributed by atoms with E-state index in [1.807, 2.05) is 24.3 Å². The highest BCUT2D eigenvalue weighted by Gasteiger charge is 2.25. The fourth-order valence-electron chi connectivity index (χ4n) is 1.71. The molecular formula is C12H15ClN2O3. The third kappa shape index (κ3) is 2.93. The molecule has 1 aromatic rings. The van der Waals surface area contributed by atoms with Crippen LogP contribution in [0.5, 0.6) is 0 Å². The molecule has 1 aromatic carbocycles. The van der Waals surface area contributed by atoms with Crippen molar-refractivity contribution in [2.24, 2.45) is 5.16 Å². The number of ether oxygens (including phenoxy) is 1. The lowest BCUT2D eigenvalue weighted by Gasteiger charge is -2.34. The van der Waals surface area contributed by atoms with E-state index >= 15 is 0 Å². The zero-order valence-electron chi connectivity index (χ0n) is 10.1. The zero-order chi connectivity index (χ0) is 12.8. The van der Waals surface area contributed by atoms with E-state index in [1.54, 1.807) is 11.3 Å². The van der Waals surface area contributed by atoms with E-state index in [4.69, 9.17) is 21.2 Å². The van der Waals surface area contributed by atoms with Gasteiger partial charge in [-0.3, -0.25) is 4.84 Å². The van der Waals surface area contributed by atoms with Crippen molar-refractivity contribution in [3.05, 3.63) is 29.8 Å².